The SMILES string of the molecule is C/C=C(\C)C(=O)OC1C(C)C2(O)C(C3OC3(CO)C(O)C3(O)C(=O)C(C)=CC32)C2C(C)(C)C12OC(=O)C(C)C. The molecule has 3 saturated carbocycles. The van der Waals surface area contributed by atoms with Crippen molar-refractivity contribution in [2.24, 2.45) is 35.0 Å². The average Bonchev–Trinajstić information content (AvgIpc) is 3.71. The van der Waals surface area contributed by atoms with Gasteiger partial charge in [0.25, 0.3) is 0 Å². The third-order valence-electron chi connectivity index (χ3n) is 10.7. The Balaban J connectivity index is 1.75. The lowest BCUT2D eigenvalue weighted by Gasteiger charge is -2.53. The highest BCUT2D eigenvalue weighted by Crippen LogP contribution is 2.80. The van der Waals surface area contributed by atoms with Crippen LogP contribution in [0.2, 0.25) is 0 Å². The first-order chi connectivity index (χ1) is 18.0. The Kier molecular flexibility index (Phi) is 5.99. The number of ketones is 1. The molecule has 0 amide bonds. The van der Waals surface area contributed by atoms with E-state index in [-0.39, 0.29) is 5.57 Å². The number of aliphatic hydroxyl groups excluding tert-OH is 2. The fraction of sp³-hybridized carbons (Fsp3) is 0.759. The summed E-state index contributed by atoms with van der Waals surface area (Å²) in [4.78, 5) is 39.6. The van der Waals surface area contributed by atoms with Crippen molar-refractivity contribution in [3.63, 3.8) is 0 Å². The van der Waals surface area contributed by atoms with Crippen LogP contribution in [0.3, 0.4) is 0 Å². The Labute approximate surface area is 228 Å². The van der Waals surface area contributed by atoms with Crippen LogP contribution in [-0.4, -0.2) is 85.5 Å². The third-order valence-corrected chi connectivity index (χ3v) is 10.7. The molecule has 0 radical (unpaired) electrons. The van der Waals surface area contributed by atoms with Crippen LogP contribution in [0.25, 0.3) is 0 Å². The molecule has 1 heterocycles. The Morgan fingerprint density at radius 3 is 2.38 bits per heavy atom. The maximum absolute atomic E-state index is 13.4. The fourth-order valence-electron chi connectivity index (χ4n) is 8.28. The highest BCUT2D eigenvalue weighted by Gasteiger charge is 2.93. The number of aliphatic hydroxyl groups is 4. The number of rotatable bonds is 5. The van der Waals surface area contributed by atoms with Crippen molar-refractivity contribution in [3.8, 4) is 0 Å². The second-order valence-corrected chi connectivity index (χ2v) is 13.1. The topological polar surface area (TPSA) is 163 Å². The van der Waals surface area contributed by atoms with Crippen molar-refractivity contribution in [2.45, 2.75) is 96.1 Å². The molecule has 1 saturated heterocycles. The van der Waals surface area contributed by atoms with Gasteiger partial charge in [-0.2, -0.15) is 0 Å². The smallest absolute Gasteiger partial charge is 0.333 e. The van der Waals surface area contributed by atoms with Crippen molar-refractivity contribution in [3.05, 3.63) is 23.3 Å². The number of epoxide rings is 1. The van der Waals surface area contributed by atoms with Crippen LogP contribution in [0, 0.1) is 35.0 Å². The lowest BCUT2D eigenvalue weighted by atomic mass is 9.58. The quantitative estimate of drug-likeness (QED) is 0.220. The Morgan fingerprint density at radius 1 is 1.23 bits per heavy atom. The summed E-state index contributed by atoms with van der Waals surface area (Å²) in [5.41, 5.74) is -7.88. The first kappa shape index (κ1) is 28.4. The van der Waals surface area contributed by atoms with Gasteiger partial charge >= 0.3 is 11.9 Å². The minimum Gasteiger partial charge on any atom is -0.454 e. The van der Waals surface area contributed by atoms with Crippen molar-refractivity contribution < 1.29 is 49.0 Å². The second-order valence-electron chi connectivity index (χ2n) is 13.1. The van der Waals surface area contributed by atoms with Gasteiger partial charge in [0.2, 0.25) is 0 Å². The first-order valence-electron chi connectivity index (χ1n) is 13.7. The molecule has 4 fully saturated rings. The molecule has 11 atom stereocenters. The monoisotopic (exact) mass is 548 g/mol. The molecule has 10 nitrogen and oxygen atoms in total. The zero-order valence-electron chi connectivity index (χ0n) is 23.7. The van der Waals surface area contributed by atoms with Gasteiger partial charge in [-0.05, 0) is 26.3 Å². The molecule has 0 aromatic rings. The highest BCUT2D eigenvalue weighted by atomic mass is 16.6. The van der Waals surface area contributed by atoms with Gasteiger partial charge in [0.05, 0.1) is 24.2 Å². The molecule has 216 valence electrons. The van der Waals surface area contributed by atoms with Gasteiger partial charge < -0.3 is 34.6 Å². The van der Waals surface area contributed by atoms with E-state index in [4.69, 9.17) is 14.2 Å². The predicted molar refractivity (Wildman–Crippen MR) is 136 cm³/mol. The number of fused-ring (bicyclic) bond motifs is 7. The fourth-order valence-corrected chi connectivity index (χ4v) is 8.28. The number of hydrogen-bond acceptors (Lipinski definition) is 10. The van der Waals surface area contributed by atoms with Crippen LogP contribution in [0.1, 0.15) is 55.4 Å². The molecule has 0 spiro atoms. The van der Waals surface area contributed by atoms with Crippen LogP contribution in [-0.2, 0) is 28.6 Å². The van der Waals surface area contributed by atoms with Gasteiger partial charge in [0.15, 0.2) is 17.0 Å². The van der Waals surface area contributed by atoms with E-state index in [1.54, 1.807) is 40.7 Å². The molecule has 5 rings (SSSR count). The molecule has 0 aromatic carbocycles. The Morgan fingerprint density at radius 2 is 1.85 bits per heavy atom. The van der Waals surface area contributed by atoms with Crippen LogP contribution in [0.5, 0.6) is 0 Å². The van der Waals surface area contributed by atoms with E-state index in [0.717, 1.165) is 0 Å². The van der Waals surface area contributed by atoms with Gasteiger partial charge in [-0.25, -0.2) is 4.79 Å². The molecule has 0 aromatic heterocycles. The summed E-state index contributed by atoms with van der Waals surface area (Å²) in [5.74, 6) is -6.25. The highest BCUT2D eigenvalue weighted by molar-refractivity contribution is 6.05. The van der Waals surface area contributed by atoms with Crippen LogP contribution < -0.4 is 0 Å². The summed E-state index contributed by atoms with van der Waals surface area (Å²) in [6.07, 6.45) is -0.905. The number of hydrogen-bond donors (Lipinski definition) is 4. The van der Waals surface area contributed by atoms with E-state index in [1.807, 2.05) is 13.8 Å². The van der Waals surface area contributed by atoms with Gasteiger partial charge in [-0.3, -0.25) is 9.59 Å². The number of allylic oxidation sites excluding steroid dienone is 1. The number of ether oxygens (including phenoxy) is 3. The third kappa shape index (κ3) is 3.07. The van der Waals surface area contributed by atoms with E-state index in [1.165, 1.54) is 13.0 Å². The molecular formula is C29H40O10. The Bertz CT molecular complexity index is 1200. The molecule has 4 aliphatic carbocycles. The summed E-state index contributed by atoms with van der Waals surface area (Å²) in [6, 6.07) is 0. The van der Waals surface area contributed by atoms with E-state index in [0.29, 0.717) is 5.57 Å². The summed E-state index contributed by atoms with van der Waals surface area (Å²) in [6.45, 7) is 12.8. The average molecular weight is 549 g/mol. The van der Waals surface area contributed by atoms with Gasteiger partial charge in [-0.15, -0.1) is 0 Å². The largest absolute Gasteiger partial charge is 0.454 e. The zero-order chi connectivity index (χ0) is 29.2. The zero-order valence-corrected chi connectivity index (χ0v) is 23.7. The lowest BCUT2D eigenvalue weighted by molar-refractivity contribution is -0.245. The van der Waals surface area contributed by atoms with E-state index in [2.05, 4.69) is 0 Å². The molecule has 11 unspecified atom stereocenters. The molecule has 5 aliphatic rings. The number of esters is 2. The molecule has 4 N–H and O–H groups in total. The summed E-state index contributed by atoms with van der Waals surface area (Å²) in [5, 5.41) is 46.6. The van der Waals surface area contributed by atoms with Crippen LogP contribution in [0.15, 0.2) is 23.3 Å². The molecule has 1 aliphatic heterocycles. The number of carbonyl (C=O) groups excluding carboxylic acids is 3. The second kappa shape index (κ2) is 8.22. The predicted octanol–water partition coefficient (Wildman–Crippen LogP) is 0.836. The number of carbonyl (C=O) groups is 3. The molecular weight excluding hydrogens is 508 g/mol. The normalized spacial score (nSPS) is 49.2. The van der Waals surface area contributed by atoms with E-state index in [9.17, 15) is 34.8 Å². The first-order valence-corrected chi connectivity index (χ1v) is 13.7. The molecule has 0 bridgehead atoms. The van der Waals surface area contributed by atoms with E-state index >= 15 is 0 Å². The number of Topliss-reactive ketones (excluding diaryl/α,β-unsaturated/α-hetero) is 1. The lowest BCUT2D eigenvalue weighted by Crippen LogP contribution is -2.69. The van der Waals surface area contributed by atoms with Crippen LogP contribution >= 0.6 is 0 Å². The van der Waals surface area contributed by atoms with Crippen LogP contribution in [0.4, 0.5) is 0 Å². The van der Waals surface area contributed by atoms with Gasteiger partial charge in [-0.1, -0.05) is 46.8 Å². The summed E-state index contributed by atoms with van der Waals surface area (Å²) >= 11 is 0. The molecule has 39 heavy (non-hydrogen) atoms. The van der Waals surface area contributed by atoms with Crippen molar-refractivity contribution in [1.82, 2.24) is 0 Å². The van der Waals surface area contributed by atoms with Gasteiger partial charge in [0.1, 0.15) is 17.8 Å². The van der Waals surface area contributed by atoms with Crippen molar-refractivity contribution in [1.29, 1.82) is 0 Å². The summed E-state index contributed by atoms with van der Waals surface area (Å²) < 4.78 is 18.2. The maximum Gasteiger partial charge on any atom is 0.333 e. The van der Waals surface area contributed by atoms with Gasteiger partial charge in [0, 0.05) is 34.7 Å². The Hall–Kier alpha value is -2.11. The van der Waals surface area contributed by atoms with Crippen molar-refractivity contribution in [2.75, 3.05) is 6.61 Å². The van der Waals surface area contributed by atoms with E-state index < -0.39 is 100 Å². The standard InChI is InChI=1S/C29H40O10/c1-9-13(4)23(33)37-20-15(6)27(35)16-10-14(5)19(31)28(16,36)24(34)26(11-30)21(38-26)17(27)18-25(7,8)29(18,20)39-22(32)12(2)3/h9-10,12,15-18,20-21,24,30,34-36H,11H2,1-8H3/b13-9+. The molecule has 10 heteroatoms. The minimum atomic E-state index is -2.49. The van der Waals surface area contributed by atoms with Crippen molar-refractivity contribution >= 4 is 17.7 Å². The summed E-state index contributed by atoms with van der Waals surface area (Å²) in [7, 11) is 0. The minimum absolute atomic E-state index is 0.157. The maximum atomic E-state index is 13.4.